The lowest BCUT2D eigenvalue weighted by molar-refractivity contribution is 0.0951. The van der Waals surface area contributed by atoms with Crippen LogP contribution in [0.1, 0.15) is 20.8 Å². The molecule has 0 unspecified atom stereocenters. The maximum atomic E-state index is 12.0. The highest BCUT2D eigenvalue weighted by molar-refractivity contribution is 9.10. The topological polar surface area (TPSA) is 29.1 Å². The molecule has 2 rings (SSSR count). The van der Waals surface area contributed by atoms with Gasteiger partial charge in [0, 0.05) is 19.4 Å². The summed E-state index contributed by atoms with van der Waals surface area (Å²) < 4.78 is 1.99. The molecule has 0 fully saturated rings. The molecule has 0 aliphatic rings. The molecule has 0 atom stereocenters. The number of carbonyl (C=O) groups is 1. The SMILES string of the molecule is Cc1ccc(C(=O)NCc2sccc2Br)cc1Br. The van der Waals surface area contributed by atoms with E-state index < -0.39 is 0 Å². The van der Waals surface area contributed by atoms with Crippen molar-refractivity contribution in [3.8, 4) is 0 Å². The third-order valence-corrected chi connectivity index (χ3v) is 5.32. The molecule has 94 valence electrons. The van der Waals surface area contributed by atoms with E-state index in [1.54, 1.807) is 11.3 Å². The van der Waals surface area contributed by atoms with E-state index in [2.05, 4.69) is 37.2 Å². The average molecular weight is 389 g/mol. The molecule has 18 heavy (non-hydrogen) atoms. The standard InChI is InChI=1S/C13H11Br2NOS/c1-8-2-3-9(6-11(8)15)13(17)16-7-12-10(14)4-5-18-12/h2-6H,7H2,1H3,(H,16,17). The van der Waals surface area contributed by atoms with E-state index in [4.69, 9.17) is 0 Å². The first-order valence-corrected chi connectivity index (χ1v) is 7.80. The summed E-state index contributed by atoms with van der Waals surface area (Å²) in [4.78, 5) is 13.1. The maximum absolute atomic E-state index is 12.0. The predicted molar refractivity (Wildman–Crippen MR) is 82.1 cm³/mol. The molecule has 0 aliphatic heterocycles. The first-order valence-electron chi connectivity index (χ1n) is 5.34. The predicted octanol–water partition coefficient (Wildman–Crippen LogP) is 4.51. The van der Waals surface area contributed by atoms with Crippen molar-refractivity contribution in [3.05, 3.63) is 54.6 Å². The Morgan fingerprint density at radius 2 is 2.06 bits per heavy atom. The fourth-order valence-electron chi connectivity index (χ4n) is 1.45. The second-order valence-electron chi connectivity index (χ2n) is 3.84. The molecule has 0 saturated heterocycles. The molecule has 2 nitrogen and oxygen atoms in total. The Morgan fingerprint density at radius 1 is 1.28 bits per heavy atom. The monoisotopic (exact) mass is 387 g/mol. The molecular weight excluding hydrogens is 378 g/mol. The molecule has 5 heteroatoms. The van der Waals surface area contributed by atoms with Crippen molar-refractivity contribution in [3.63, 3.8) is 0 Å². The fourth-order valence-corrected chi connectivity index (χ4v) is 3.26. The second kappa shape index (κ2) is 5.99. The van der Waals surface area contributed by atoms with Crippen LogP contribution in [0.2, 0.25) is 0 Å². The Morgan fingerprint density at radius 3 is 2.67 bits per heavy atom. The van der Waals surface area contributed by atoms with Gasteiger partial charge < -0.3 is 5.32 Å². The van der Waals surface area contributed by atoms with Crippen LogP contribution in [-0.2, 0) is 6.54 Å². The minimum absolute atomic E-state index is 0.0593. The van der Waals surface area contributed by atoms with Crippen LogP contribution < -0.4 is 5.32 Å². The van der Waals surface area contributed by atoms with Crippen LogP contribution in [0, 0.1) is 6.92 Å². The van der Waals surface area contributed by atoms with E-state index in [0.717, 1.165) is 19.4 Å². The lowest BCUT2D eigenvalue weighted by Crippen LogP contribution is -2.22. The summed E-state index contributed by atoms with van der Waals surface area (Å²) in [6.45, 7) is 2.54. The Hall–Kier alpha value is -0.650. The van der Waals surface area contributed by atoms with Gasteiger partial charge in [-0.25, -0.2) is 0 Å². The van der Waals surface area contributed by atoms with Crippen molar-refractivity contribution < 1.29 is 4.79 Å². The quantitative estimate of drug-likeness (QED) is 0.823. The number of carbonyl (C=O) groups excluding carboxylic acids is 1. The number of rotatable bonds is 3. The molecule has 1 heterocycles. The average Bonchev–Trinajstić information content (AvgIpc) is 2.75. The van der Waals surface area contributed by atoms with Crippen molar-refractivity contribution in [2.75, 3.05) is 0 Å². The zero-order chi connectivity index (χ0) is 13.1. The number of thiophene rings is 1. The van der Waals surface area contributed by atoms with Gasteiger partial charge in [0.1, 0.15) is 0 Å². The molecule has 0 spiro atoms. The Kier molecular flexibility index (Phi) is 4.59. The molecule has 1 aromatic heterocycles. The van der Waals surface area contributed by atoms with Crippen molar-refractivity contribution >= 4 is 49.1 Å². The van der Waals surface area contributed by atoms with E-state index >= 15 is 0 Å². The zero-order valence-corrected chi connectivity index (χ0v) is 13.7. The van der Waals surface area contributed by atoms with Gasteiger partial charge in [0.2, 0.25) is 0 Å². The highest BCUT2D eigenvalue weighted by Crippen LogP contribution is 2.22. The van der Waals surface area contributed by atoms with Crippen LogP contribution in [0.3, 0.4) is 0 Å². The highest BCUT2D eigenvalue weighted by atomic mass is 79.9. The number of amides is 1. The van der Waals surface area contributed by atoms with E-state index in [9.17, 15) is 4.79 Å². The Labute approximate surface area is 127 Å². The minimum atomic E-state index is -0.0593. The number of aryl methyl sites for hydroxylation is 1. The molecular formula is C13H11Br2NOS. The summed E-state index contributed by atoms with van der Waals surface area (Å²) in [5, 5.41) is 4.90. The van der Waals surface area contributed by atoms with E-state index in [1.165, 1.54) is 0 Å². The maximum Gasteiger partial charge on any atom is 0.251 e. The van der Waals surface area contributed by atoms with Crippen molar-refractivity contribution in [1.82, 2.24) is 5.32 Å². The van der Waals surface area contributed by atoms with Crippen LogP contribution in [-0.4, -0.2) is 5.91 Å². The summed E-state index contributed by atoms with van der Waals surface area (Å²) in [6, 6.07) is 7.59. The summed E-state index contributed by atoms with van der Waals surface area (Å²) in [5.41, 5.74) is 1.78. The van der Waals surface area contributed by atoms with Gasteiger partial charge in [0.25, 0.3) is 5.91 Å². The van der Waals surface area contributed by atoms with Gasteiger partial charge in [-0.1, -0.05) is 22.0 Å². The smallest absolute Gasteiger partial charge is 0.251 e. The zero-order valence-electron chi connectivity index (χ0n) is 9.67. The number of halogens is 2. The number of hydrogen-bond donors (Lipinski definition) is 1. The van der Waals surface area contributed by atoms with Crippen LogP contribution >= 0.6 is 43.2 Å². The molecule has 1 N–H and O–H groups in total. The molecule has 2 aromatic rings. The molecule has 0 radical (unpaired) electrons. The fraction of sp³-hybridized carbons (Fsp3) is 0.154. The Bertz CT molecular complexity index is 580. The van der Waals surface area contributed by atoms with Gasteiger partial charge in [-0.05, 0) is 52.0 Å². The first kappa shape index (κ1) is 13.8. The van der Waals surface area contributed by atoms with Gasteiger partial charge in [0.05, 0.1) is 6.54 Å². The molecule has 0 saturated carbocycles. The van der Waals surface area contributed by atoms with Gasteiger partial charge >= 0.3 is 0 Å². The van der Waals surface area contributed by atoms with Crippen molar-refractivity contribution in [1.29, 1.82) is 0 Å². The molecule has 1 aromatic carbocycles. The lowest BCUT2D eigenvalue weighted by Gasteiger charge is -2.06. The largest absolute Gasteiger partial charge is 0.347 e. The molecule has 0 bridgehead atoms. The Balaban J connectivity index is 2.04. The summed E-state index contributed by atoms with van der Waals surface area (Å²) >= 11 is 8.50. The molecule has 0 aliphatic carbocycles. The number of nitrogens with one attached hydrogen (secondary N) is 1. The number of hydrogen-bond acceptors (Lipinski definition) is 2. The van der Waals surface area contributed by atoms with Crippen LogP contribution in [0.25, 0.3) is 0 Å². The van der Waals surface area contributed by atoms with Gasteiger partial charge in [-0.15, -0.1) is 11.3 Å². The van der Waals surface area contributed by atoms with Crippen molar-refractivity contribution in [2.24, 2.45) is 0 Å². The van der Waals surface area contributed by atoms with Crippen LogP contribution in [0.5, 0.6) is 0 Å². The third-order valence-electron chi connectivity index (χ3n) is 2.53. The van der Waals surface area contributed by atoms with Gasteiger partial charge in [-0.2, -0.15) is 0 Å². The first-order chi connectivity index (χ1) is 8.58. The molecule has 1 amide bonds. The normalized spacial score (nSPS) is 10.4. The summed E-state index contributed by atoms with van der Waals surface area (Å²) in [5.74, 6) is -0.0593. The number of benzene rings is 1. The van der Waals surface area contributed by atoms with Crippen LogP contribution in [0.15, 0.2) is 38.6 Å². The van der Waals surface area contributed by atoms with E-state index in [0.29, 0.717) is 12.1 Å². The van der Waals surface area contributed by atoms with E-state index in [1.807, 2.05) is 36.6 Å². The second-order valence-corrected chi connectivity index (χ2v) is 6.55. The van der Waals surface area contributed by atoms with Gasteiger partial charge in [-0.3, -0.25) is 4.79 Å². The van der Waals surface area contributed by atoms with Gasteiger partial charge in [0.15, 0.2) is 0 Å². The lowest BCUT2D eigenvalue weighted by atomic mass is 10.1. The summed E-state index contributed by atoms with van der Waals surface area (Å²) in [6.07, 6.45) is 0. The van der Waals surface area contributed by atoms with E-state index in [-0.39, 0.29) is 5.91 Å². The summed E-state index contributed by atoms with van der Waals surface area (Å²) in [7, 11) is 0. The van der Waals surface area contributed by atoms with Crippen molar-refractivity contribution in [2.45, 2.75) is 13.5 Å². The minimum Gasteiger partial charge on any atom is -0.347 e. The van der Waals surface area contributed by atoms with Crippen LogP contribution in [0.4, 0.5) is 0 Å². The third kappa shape index (κ3) is 3.22. The highest BCUT2D eigenvalue weighted by Gasteiger charge is 2.08.